The number of thioether (sulfide) groups is 1. The van der Waals surface area contributed by atoms with Gasteiger partial charge < -0.3 is 26.8 Å². The van der Waals surface area contributed by atoms with Crippen molar-refractivity contribution < 1.29 is 24.3 Å². The molecule has 9 nitrogen and oxygen atoms in total. The first-order valence-corrected chi connectivity index (χ1v) is 12.5. The quantitative estimate of drug-likeness (QED) is 0.189. The fraction of sp³-hybridized carbons (Fsp3) is 0.800. The summed E-state index contributed by atoms with van der Waals surface area (Å²) < 4.78 is 0. The number of carboxylic acids is 1. The molecule has 0 aliphatic rings. The van der Waals surface area contributed by atoms with Gasteiger partial charge in [0.1, 0.15) is 18.1 Å². The van der Waals surface area contributed by atoms with Crippen LogP contribution in [0, 0.1) is 11.8 Å². The predicted octanol–water partition coefficient (Wildman–Crippen LogP) is 0.628. The number of carbonyl (C=O) groups is 4. The van der Waals surface area contributed by atoms with E-state index in [0.717, 1.165) is 6.42 Å². The summed E-state index contributed by atoms with van der Waals surface area (Å²) in [5.74, 6) is -2.16. The summed E-state index contributed by atoms with van der Waals surface area (Å²) >= 11 is 5.47. The van der Waals surface area contributed by atoms with Crippen molar-refractivity contribution >= 4 is 48.1 Å². The molecule has 0 saturated heterocycles. The molecule has 0 aromatic heterocycles. The number of amides is 3. The highest BCUT2D eigenvalue weighted by molar-refractivity contribution is 7.98. The molecule has 0 aliphatic heterocycles. The van der Waals surface area contributed by atoms with Crippen LogP contribution in [0.1, 0.15) is 47.0 Å². The van der Waals surface area contributed by atoms with Gasteiger partial charge in [0.2, 0.25) is 17.7 Å². The van der Waals surface area contributed by atoms with E-state index in [9.17, 15) is 19.2 Å². The first kappa shape index (κ1) is 29.5. The summed E-state index contributed by atoms with van der Waals surface area (Å²) in [6.07, 6.45) is 3.30. The van der Waals surface area contributed by atoms with Crippen LogP contribution >= 0.6 is 24.4 Å². The molecule has 0 saturated carbocycles. The average Bonchev–Trinajstić information content (AvgIpc) is 2.71. The van der Waals surface area contributed by atoms with E-state index in [0.29, 0.717) is 18.6 Å². The molecular weight excluding hydrogens is 440 g/mol. The van der Waals surface area contributed by atoms with Gasteiger partial charge in [-0.3, -0.25) is 14.4 Å². The van der Waals surface area contributed by atoms with Crippen molar-refractivity contribution in [3.8, 4) is 0 Å². The smallest absolute Gasteiger partial charge is 0.327 e. The van der Waals surface area contributed by atoms with Gasteiger partial charge in [-0.1, -0.05) is 34.1 Å². The number of carboxylic acid groups (broad SMARTS) is 1. The van der Waals surface area contributed by atoms with Gasteiger partial charge in [0, 0.05) is 5.75 Å². The molecule has 0 heterocycles. The van der Waals surface area contributed by atoms with Crippen LogP contribution in [-0.4, -0.2) is 70.7 Å². The summed E-state index contributed by atoms with van der Waals surface area (Å²) in [5, 5.41) is 16.9. The molecule has 180 valence electrons. The number of aliphatic carboxylic acids is 1. The first-order valence-electron chi connectivity index (χ1n) is 10.5. The van der Waals surface area contributed by atoms with E-state index in [1.807, 2.05) is 34.0 Å². The van der Waals surface area contributed by atoms with Gasteiger partial charge in [-0.05, 0) is 36.7 Å². The molecule has 3 amide bonds. The molecule has 5 atom stereocenters. The molecule has 0 fully saturated rings. The summed E-state index contributed by atoms with van der Waals surface area (Å²) in [6.45, 7) is 7.57. The highest BCUT2D eigenvalue weighted by Gasteiger charge is 2.30. The second-order valence-electron chi connectivity index (χ2n) is 8.03. The second kappa shape index (κ2) is 15.4. The Bertz CT molecular complexity index is 606. The van der Waals surface area contributed by atoms with Crippen LogP contribution in [0.5, 0.6) is 0 Å². The number of hydrogen-bond donors (Lipinski definition) is 6. The minimum atomic E-state index is -1.21. The molecule has 6 N–H and O–H groups in total. The molecule has 0 bridgehead atoms. The van der Waals surface area contributed by atoms with Gasteiger partial charge in [-0.25, -0.2) is 4.79 Å². The lowest BCUT2D eigenvalue weighted by atomic mass is 9.98. The number of thiol groups is 1. The van der Waals surface area contributed by atoms with Gasteiger partial charge in [0.05, 0.1) is 6.04 Å². The topological polar surface area (TPSA) is 151 Å². The zero-order valence-corrected chi connectivity index (χ0v) is 20.7. The Morgan fingerprint density at radius 1 is 0.968 bits per heavy atom. The third-order valence-electron chi connectivity index (χ3n) is 4.94. The van der Waals surface area contributed by atoms with E-state index in [1.165, 1.54) is 11.8 Å². The molecule has 5 unspecified atom stereocenters. The summed E-state index contributed by atoms with van der Waals surface area (Å²) in [4.78, 5) is 49.3. The Labute approximate surface area is 194 Å². The number of rotatable bonds is 15. The molecule has 31 heavy (non-hydrogen) atoms. The monoisotopic (exact) mass is 478 g/mol. The fourth-order valence-electron chi connectivity index (χ4n) is 2.72. The van der Waals surface area contributed by atoms with Crippen molar-refractivity contribution in [3.63, 3.8) is 0 Å². The third kappa shape index (κ3) is 11.1. The number of nitrogens with one attached hydrogen (secondary N) is 3. The van der Waals surface area contributed by atoms with E-state index in [4.69, 9.17) is 10.8 Å². The lowest BCUT2D eigenvalue weighted by Gasteiger charge is -2.26. The van der Waals surface area contributed by atoms with Crippen LogP contribution in [0.15, 0.2) is 0 Å². The predicted molar refractivity (Wildman–Crippen MR) is 127 cm³/mol. The van der Waals surface area contributed by atoms with Crippen LogP contribution in [0.25, 0.3) is 0 Å². The largest absolute Gasteiger partial charge is 0.480 e. The molecule has 0 aromatic carbocycles. The Kier molecular flexibility index (Phi) is 14.6. The minimum Gasteiger partial charge on any atom is -0.480 e. The van der Waals surface area contributed by atoms with Gasteiger partial charge >= 0.3 is 5.97 Å². The first-order chi connectivity index (χ1) is 14.5. The Balaban J connectivity index is 5.40. The lowest BCUT2D eigenvalue weighted by Crippen LogP contribution is -2.58. The number of carbonyl (C=O) groups excluding carboxylic acids is 3. The van der Waals surface area contributed by atoms with E-state index < -0.39 is 47.9 Å². The molecule has 0 aliphatic carbocycles. The average molecular weight is 479 g/mol. The van der Waals surface area contributed by atoms with Gasteiger partial charge in [-0.2, -0.15) is 24.4 Å². The van der Waals surface area contributed by atoms with Crippen molar-refractivity contribution in [1.82, 2.24) is 16.0 Å². The SMILES string of the molecule is CCC(C)C(N)C(=O)NC(CCSC)C(=O)NC(CC(C)C)C(=O)NC(CS)C(=O)O. The molecule has 11 heteroatoms. The van der Waals surface area contributed by atoms with Crippen molar-refractivity contribution in [2.75, 3.05) is 17.8 Å². The lowest BCUT2D eigenvalue weighted by molar-refractivity contribution is -0.141. The summed E-state index contributed by atoms with van der Waals surface area (Å²) in [6, 6.07) is -3.69. The Morgan fingerprint density at radius 2 is 1.48 bits per heavy atom. The normalized spacial score (nSPS) is 16.0. The Morgan fingerprint density at radius 3 is 1.94 bits per heavy atom. The summed E-state index contributed by atoms with van der Waals surface area (Å²) in [5.41, 5.74) is 5.99. The Hall–Kier alpha value is -1.46. The van der Waals surface area contributed by atoms with Crippen LogP contribution < -0.4 is 21.7 Å². The number of hydrogen-bond acceptors (Lipinski definition) is 7. The van der Waals surface area contributed by atoms with Gasteiger partial charge in [-0.15, -0.1) is 0 Å². The maximum absolute atomic E-state index is 12.9. The van der Waals surface area contributed by atoms with Crippen molar-refractivity contribution in [1.29, 1.82) is 0 Å². The molecule has 0 rings (SSSR count). The maximum atomic E-state index is 12.9. The molecule has 0 spiro atoms. The fourth-order valence-corrected chi connectivity index (χ4v) is 3.44. The molecule has 0 radical (unpaired) electrons. The van der Waals surface area contributed by atoms with Crippen molar-refractivity contribution in [2.45, 2.75) is 71.1 Å². The molecular formula is C20H38N4O5S2. The highest BCUT2D eigenvalue weighted by atomic mass is 32.2. The zero-order chi connectivity index (χ0) is 24.1. The molecule has 0 aromatic rings. The summed E-state index contributed by atoms with van der Waals surface area (Å²) in [7, 11) is 0. The standard InChI is InChI=1S/C20H38N4O5S2/c1-6-12(4)16(21)19(27)22-13(7-8-31-5)17(25)23-14(9-11(2)3)18(26)24-15(10-30)20(28)29/h11-16,30H,6-10,21H2,1-5H3,(H,22,27)(H,23,25)(H,24,26)(H,28,29). The zero-order valence-electron chi connectivity index (χ0n) is 19.0. The van der Waals surface area contributed by atoms with Crippen LogP contribution in [0.4, 0.5) is 0 Å². The van der Waals surface area contributed by atoms with E-state index >= 15 is 0 Å². The van der Waals surface area contributed by atoms with Crippen molar-refractivity contribution in [2.24, 2.45) is 17.6 Å². The van der Waals surface area contributed by atoms with Crippen LogP contribution in [0.2, 0.25) is 0 Å². The van der Waals surface area contributed by atoms with E-state index in [2.05, 4.69) is 28.6 Å². The van der Waals surface area contributed by atoms with E-state index in [1.54, 1.807) is 0 Å². The second-order valence-corrected chi connectivity index (χ2v) is 9.38. The minimum absolute atomic E-state index is 0.0436. The third-order valence-corrected chi connectivity index (χ3v) is 5.95. The van der Waals surface area contributed by atoms with Crippen molar-refractivity contribution in [3.05, 3.63) is 0 Å². The maximum Gasteiger partial charge on any atom is 0.327 e. The van der Waals surface area contributed by atoms with Gasteiger partial charge in [0.25, 0.3) is 0 Å². The van der Waals surface area contributed by atoms with Gasteiger partial charge in [0.15, 0.2) is 0 Å². The van der Waals surface area contributed by atoms with E-state index in [-0.39, 0.29) is 17.6 Å². The van der Waals surface area contributed by atoms with Crippen LogP contribution in [-0.2, 0) is 19.2 Å². The number of nitrogens with two attached hydrogens (primary N) is 1. The van der Waals surface area contributed by atoms with Crippen LogP contribution in [0.3, 0.4) is 0 Å². The highest BCUT2D eigenvalue weighted by Crippen LogP contribution is 2.10.